The van der Waals surface area contributed by atoms with E-state index in [1.165, 1.54) is 0 Å². The molecule has 0 aliphatic heterocycles. The van der Waals surface area contributed by atoms with Gasteiger partial charge in [-0.2, -0.15) is 0 Å². The number of thiophene rings is 1. The predicted molar refractivity (Wildman–Crippen MR) is 87.0 cm³/mol. The van der Waals surface area contributed by atoms with E-state index in [1.54, 1.807) is 35.5 Å². The number of amides is 1. The highest BCUT2D eigenvalue weighted by atomic mass is 32.1. The van der Waals surface area contributed by atoms with Crippen LogP contribution >= 0.6 is 11.3 Å². The van der Waals surface area contributed by atoms with Gasteiger partial charge in [0.25, 0.3) is 5.91 Å². The summed E-state index contributed by atoms with van der Waals surface area (Å²) in [7, 11) is 1.61. The van der Waals surface area contributed by atoms with E-state index < -0.39 is 0 Å². The topological polar surface area (TPSA) is 29.5 Å². The molecule has 0 saturated carbocycles. The van der Waals surface area contributed by atoms with E-state index >= 15 is 0 Å². The van der Waals surface area contributed by atoms with Gasteiger partial charge in [0.1, 0.15) is 5.75 Å². The van der Waals surface area contributed by atoms with E-state index in [-0.39, 0.29) is 5.91 Å². The average Bonchev–Trinajstić information content (AvgIpc) is 2.99. The van der Waals surface area contributed by atoms with Crippen LogP contribution in [0.25, 0.3) is 0 Å². The van der Waals surface area contributed by atoms with Crippen molar-refractivity contribution in [1.82, 2.24) is 4.90 Å². The minimum absolute atomic E-state index is 0.0124. The minimum Gasteiger partial charge on any atom is -0.496 e. The van der Waals surface area contributed by atoms with Crippen molar-refractivity contribution >= 4 is 17.2 Å². The largest absolute Gasteiger partial charge is 0.496 e. The molecule has 1 heterocycles. The van der Waals surface area contributed by atoms with E-state index in [9.17, 15) is 4.79 Å². The predicted octanol–water partition coefficient (Wildman–Crippen LogP) is 3.89. The number of hydrogen-bond donors (Lipinski definition) is 0. The van der Waals surface area contributed by atoms with Crippen molar-refractivity contribution in [1.29, 1.82) is 0 Å². The van der Waals surface area contributed by atoms with Crippen LogP contribution in [0.4, 0.5) is 0 Å². The molecule has 0 spiro atoms. The Bertz CT molecular complexity index is 620. The van der Waals surface area contributed by atoms with Crippen LogP contribution in [-0.4, -0.2) is 24.5 Å². The zero-order valence-electron chi connectivity index (χ0n) is 12.3. The number of rotatable bonds is 6. The zero-order valence-corrected chi connectivity index (χ0v) is 13.2. The number of ether oxygens (including phenoxy) is 1. The molecule has 0 aliphatic carbocycles. The van der Waals surface area contributed by atoms with Crippen molar-refractivity contribution in [3.05, 3.63) is 64.4 Å². The molecule has 21 heavy (non-hydrogen) atoms. The Hall–Kier alpha value is -2.07. The number of aryl methyl sites for hydroxylation is 1. The van der Waals surface area contributed by atoms with E-state index in [0.29, 0.717) is 18.7 Å². The van der Waals surface area contributed by atoms with E-state index in [4.69, 9.17) is 4.74 Å². The van der Waals surface area contributed by atoms with Crippen molar-refractivity contribution in [3.63, 3.8) is 0 Å². The Kier molecular flexibility index (Phi) is 5.17. The fourth-order valence-corrected chi connectivity index (χ4v) is 2.82. The molecule has 4 heteroatoms. The highest BCUT2D eigenvalue weighted by Crippen LogP contribution is 2.21. The minimum atomic E-state index is -0.0124. The van der Waals surface area contributed by atoms with Crippen molar-refractivity contribution in [2.75, 3.05) is 13.7 Å². The first-order valence-corrected chi connectivity index (χ1v) is 7.61. The van der Waals surface area contributed by atoms with Crippen LogP contribution in [0.3, 0.4) is 0 Å². The first-order valence-electron chi connectivity index (χ1n) is 6.73. The lowest BCUT2D eigenvalue weighted by Gasteiger charge is -2.21. The first-order chi connectivity index (χ1) is 10.2. The van der Waals surface area contributed by atoms with Gasteiger partial charge in [-0.05, 0) is 36.1 Å². The van der Waals surface area contributed by atoms with Gasteiger partial charge in [0.15, 0.2) is 0 Å². The van der Waals surface area contributed by atoms with Crippen molar-refractivity contribution in [2.24, 2.45) is 0 Å². The molecule has 0 aliphatic rings. The van der Waals surface area contributed by atoms with Gasteiger partial charge in [0.2, 0.25) is 0 Å². The molecule has 0 fully saturated rings. The molecule has 2 aromatic rings. The van der Waals surface area contributed by atoms with Gasteiger partial charge in [0.05, 0.1) is 13.7 Å². The highest BCUT2D eigenvalue weighted by Gasteiger charge is 2.16. The normalized spacial score (nSPS) is 10.2. The molecular formula is C17H19NO2S. The standard InChI is InChI=1S/C17H19NO2S/c1-4-9-18(12-15-6-5-10-21-15)17(19)14-8-7-13(2)16(11-14)20-3/h4-8,10-11H,1,9,12H2,2-3H3. The summed E-state index contributed by atoms with van der Waals surface area (Å²) in [4.78, 5) is 15.6. The van der Waals surface area contributed by atoms with Crippen LogP contribution < -0.4 is 4.74 Å². The maximum atomic E-state index is 12.7. The monoisotopic (exact) mass is 301 g/mol. The second kappa shape index (κ2) is 7.09. The summed E-state index contributed by atoms with van der Waals surface area (Å²) in [5.41, 5.74) is 1.65. The Morgan fingerprint density at radius 2 is 2.24 bits per heavy atom. The number of hydrogen-bond acceptors (Lipinski definition) is 3. The number of nitrogens with zero attached hydrogens (tertiary/aromatic N) is 1. The number of benzene rings is 1. The summed E-state index contributed by atoms with van der Waals surface area (Å²) in [6, 6.07) is 9.56. The van der Waals surface area contributed by atoms with Crippen molar-refractivity contribution < 1.29 is 9.53 Å². The average molecular weight is 301 g/mol. The van der Waals surface area contributed by atoms with Gasteiger partial charge in [0, 0.05) is 17.0 Å². The number of carbonyl (C=O) groups excluding carboxylic acids is 1. The fourth-order valence-electron chi connectivity index (χ4n) is 2.10. The highest BCUT2D eigenvalue weighted by molar-refractivity contribution is 7.09. The van der Waals surface area contributed by atoms with Gasteiger partial charge >= 0.3 is 0 Å². The molecule has 0 unspecified atom stereocenters. The van der Waals surface area contributed by atoms with Crippen LogP contribution in [0.1, 0.15) is 20.8 Å². The van der Waals surface area contributed by atoms with Crippen LogP contribution in [0.15, 0.2) is 48.4 Å². The molecule has 3 nitrogen and oxygen atoms in total. The summed E-state index contributed by atoms with van der Waals surface area (Å²) in [6.45, 7) is 6.81. The van der Waals surface area contributed by atoms with Crippen LogP contribution in [0, 0.1) is 6.92 Å². The van der Waals surface area contributed by atoms with Gasteiger partial charge in [-0.15, -0.1) is 17.9 Å². The van der Waals surface area contributed by atoms with E-state index in [0.717, 1.165) is 16.2 Å². The Balaban J connectivity index is 2.23. The van der Waals surface area contributed by atoms with Gasteiger partial charge in [-0.3, -0.25) is 4.79 Å². The van der Waals surface area contributed by atoms with E-state index in [1.807, 2.05) is 36.6 Å². The first kappa shape index (κ1) is 15.3. The molecule has 0 saturated heterocycles. The fraction of sp³-hybridized carbons (Fsp3) is 0.235. The third-order valence-corrected chi connectivity index (χ3v) is 4.08. The molecule has 110 valence electrons. The molecule has 1 aromatic heterocycles. The third kappa shape index (κ3) is 3.73. The second-order valence-electron chi connectivity index (χ2n) is 4.74. The third-order valence-electron chi connectivity index (χ3n) is 3.22. The quantitative estimate of drug-likeness (QED) is 0.757. The molecule has 2 rings (SSSR count). The Morgan fingerprint density at radius 3 is 2.86 bits per heavy atom. The van der Waals surface area contributed by atoms with Gasteiger partial charge in [-0.25, -0.2) is 0 Å². The molecule has 0 N–H and O–H groups in total. The summed E-state index contributed by atoms with van der Waals surface area (Å²) in [5.74, 6) is 0.720. The molecule has 0 bridgehead atoms. The lowest BCUT2D eigenvalue weighted by atomic mass is 10.1. The van der Waals surface area contributed by atoms with Crippen LogP contribution in [-0.2, 0) is 6.54 Å². The van der Waals surface area contributed by atoms with Crippen molar-refractivity contribution in [3.8, 4) is 5.75 Å². The summed E-state index contributed by atoms with van der Waals surface area (Å²) < 4.78 is 5.29. The lowest BCUT2D eigenvalue weighted by molar-refractivity contribution is 0.0764. The maximum absolute atomic E-state index is 12.7. The Morgan fingerprint density at radius 1 is 1.43 bits per heavy atom. The smallest absolute Gasteiger partial charge is 0.254 e. The number of methoxy groups -OCH3 is 1. The molecule has 1 amide bonds. The SMILES string of the molecule is C=CCN(Cc1cccs1)C(=O)c1ccc(C)c(OC)c1. The zero-order chi connectivity index (χ0) is 15.2. The molecular weight excluding hydrogens is 282 g/mol. The molecule has 0 radical (unpaired) electrons. The van der Waals surface area contributed by atoms with Crippen LogP contribution in [0.5, 0.6) is 5.75 Å². The molecule has 1 aromatic carbocycles. The summed E-state index contributed by atoms with van der Waals surface area (Å²) in [6.07, 6.45) is 1.75. The lowest BCUT2D eigenvalue weighted by Crippen LogP contribution is -2.30. The maximum Gasteiger partial charge on any atom is 0.254 e. The van der Waals surface area contributed by atoms with Crippen molar-refractivity contribution in [2.45, 2.75) is 13.5 Å². The van der Waals surface area contributed by atoms with E-state index in [2.05, 4.69) is 6.58 Å². The van der Waals surface area contributed by atoms with Crippen LogP contribution in [0.2, 0.25) is 0 Å². The number of carbonyl (C=O) groups is 1. The molecule has 0 atom stereocenters. The van der Waals surface area contributed by atoms with Gasteiger partial charge < -0.3 is 9.64 Å². The Labute approximate surface area is 129 Å². The van der Waals surface area contributed by atoms with Gasteiger partial charge in [-0.1, -0.05) is 18.2 Å². The summed E-state index contributed by atoms with van der Waals surface area (Å²) in [5, 5.41) is 2.01. The summed E-state index contributed by atoms with van der Waals surface area (Å²) >= 11 is 1.65. The second-order valence-corrected chi connectivity index (χ2v) is 5.77.